The third-order valence-electron chi connectivity index (χ3n) is 6.46. The molecule has 0 saturated heterocycles. The normalized spacial score (nSPS) is 12.1. The predicted octanol–water partition coefficient (Wildman–Crippen LogP) is 4.96. The zero-order valence-electron chi connectivity index (χ0n) is 20.0. The Morgan fingerprint density at radius 3 is 2.51 bits per heavy atom. The Morgan fingerprint density at radius 1 is 1.03 bits per heavy atom. The molecule has 35 heavy (non-hydrogen) atoms. The second kappa shape index (κ2) is 8.76. The highest BCUT2D eigenvalue weighted by atomic mass is 16.5. The number of aryl methyl sites for hydroxylation is 2. The molecule has 176 valence electrons. The van der Waals surface area contributed by atoms with Crippen LogP contribution in [0.5, 0.6) is 5.75 Å². The summed E-state index contributed by atoms with van der Waals surface area (Å²) < 4.78 is 6.99. The quantitative estimate of drug-likeness (QED) is 0.383. The lowest BCUT2D eigenvalue weighted by molar-refractivity contribution is 0.0933. The Labute approximate surface area is 202 Å². The minimum Gasteiger partial charge on any atom is -0.496 e. The predicted molar refractivity (Wildman–Crippen MR) is 137 cm³/mol. The number of hydrogen-bond acceptors (Lipinski definition) is 4. The summed E-state index contributed by atoms with van der Waals surface area (Å²) in [5, 5.41) is 9.75. The molecular weight excluding hydrogens is 440 g/mol. The minimum atomic E-state index is -0.351. The second-order valence-corrected chi connectivity index (χ2v) is 8.65. The van der Waals surface area contributed by atoms with Gasteiger partial charge in [-0.2, -0.15) is 5.10 Å². The molecular formula is C28H26N4O3. The Balaban J connectivity index is 1.55. The van der Waals surface area contributed by atoms with E-state index in [1.54, 1.807) is 18.5 Å². The third-order valence-corrected chi connectivity index (χ3v) is 6.46. The van der Waals surface area contributed by atoms with Gasteiger partial charge in [-0.3, -0.25) is 9.59 Å². The van der Waals surface area contributed by atoms with E-state index in [0.29, 0.717) is 22.5 Å². The number of hydrogen-bond donors (Lipinski definition) is 2. The van der Waals surface area contributed by atoms with Gasteiger partial charge in [0, 0.05) is 16.7 Å². The fraction of sp³-hybridized carbons (Fsp3) is 0.179. The molecule has 7 heteroatoms. The van der Waals surface area contributed by atoms with Crippen LogP contribution in [0.25, 0.3) is 27.5 Å². The topological polar surface area (TPSA) is 88.5 Å². The van der Waals surface area contributed by atoms with Gasteiger partial charge >= 0.3 is 0 Å². The summed E-state index contributed by atoms with van der Waals surface area (Å²) in [6.45, 7) is 5.52. The third kappa shape index (κ3) is 3.85. The van der Waals surface area contributed by atoms with Gasteiger partial charge in [0.15, 0.2) is 5.69 Å². The standard InChI is InChI=1S/C28H26N4O3/c1-16-24(27(33)29-17(2)22-11-7-8-12-23(22)35-4)31-32-18(3)25(30-28(34)26(16)32)21-14-13-19-9-5-6-10-20(19)15-21/h5-15,17H,1-4H3,(H,29,33)(H,30,34). The van der Waals surface area contributed by atoms with Gasteiger partial charge in [-0.25, -0.2) is 4.52 Å². The number of nitrogens with zero attached hydrogens (tertiary/aromatic N) is 2. The number of methoxy groups -OCH3 is 1. The highest BCUT2D eigenvalue weighted by molar-refractivity contribution is 5.96. The van der Waals surface area contributed by atoms with Crippen molar-refractivity contribution < 1.29 is 9.53 Å². The minimum absolute atomic E-state index is 0.219. The van der Waals surface area contributed by atoms with E-state index in [2.05, 4.69) is 15.4 Å². The number of amides is 1. The number of ether oxygens (including phenoxy) is 1. The zero-order chi connectivity index (χ0) is 24.7. The van der Waals surface area contributed by atoms with Crippen molar-refractivity contribution in [2.75, 3.05) is 7.11 Å². The van der Waals surface area contributed by atoms with Crippen LogP contribution < -0.4 is 15.6 Å². The number of carbonyl (C=O) groups is 1. The smallest absolute Gasteiger partial charge is 0.274 e. The molecule has 1 amide bonds. The first-order valence-electron chi connectivity index (χ1n) is 11.4. The fourth-order valence-electron chi connectivity index (χ4n) is 4.58. The molecule has 3 aromatic carbocycles. The van der Waals surface area contributed by atoms with Crippen molar-refractivity contribution in [3.63, 3.8) is 0 Å². The number of nitrogens with one attached hydrogen (secondary N) is 2. The van der Waals surface area contributed by atoms with Crippen LogP contribution in [0.3, 0.4) is 0 Å². The van der Waals surface area contributed by atoms with Crippen molar-refractivity contribution in [2.24, 2.45) is 0 Å². The molecule has 0 aliphatic heterocycles. The summed E-state index contributed by atoms with van der Waals surface area (Å²) in [4.78, 5) is 29.3. The number of aromatic nitrogens is 3. The van der Waals surface area contributed by atoms with Crippen molar-refractivity contribution in [1.82, 2.24) is 19.9 Å². The summed E-state index contributed by atoms with van der Waals surface area (Å²) >= 11 is 0. The first-order valence-corrected chi connectivity index (χ1v) is 11.4. The SMILES string of the molecule is COc1ccccc1C(C)NC(=O)c1nn2c(C)c(-c3ccc4ccccc4c3)[nH]c(=O)c2c1C. The summed E-state index contributed by atoms with van der Waals surface area (Å²) in [6.07, 6.45) is 0. The van der Waals surface area contributed by atoms with E-state index in [1.807, 2.05) is 80.6 Å². The molecule has 2 aromatic heterocycles. The van der Waals surface area contributed by atoms with Crippen molar-refractivity contribution in [3.8, 4) is 17.0 Å². The molecule has 2 N–H and O–H groups in total. The van der Waals surface area contributed by atoms with Crippen LogP contribution in [0.2, 0.25) is 0 Å². The number of aromatic amines is 1. The maximum absolute atomic E-state index is 13.2. The largest absolute Gasteiger partial charge is 0.496 e. The van der Waals surface area contributed by atoms with Crippen LogP contribution >= 0.6 is 0 Å². The Morgan fingerprint density at radius 2 is 1.74 bits per heavy atom. The van der Waals surface area contributed by atoms with Crippen molar-refractivity contribution >= 4 is 22.2 Å². The first-order chi connectivity index (χ1) is 16.9. The maximum Gasteiger partial charge on any atom is 0.274 e. The first kappa shape index (κ1) is 22.4. The molecule has 0 saturated carbocycles. The average molecular weight is 467 g/mol. The van der Waals surface area contributed by atoms with Crippen LogP contribution in [0.15, 0.2) is 71.5 Å². The van der Waals surface area contributed by atoms with E-state index in [9.17, 15) is 9.59 Å². The van der Waals surface area contributed by atoms with Gasteiger partial charge in [0.2, 0.25) is 0 Å². The van der Waals surface area contributed by atoms with E-state index < -0.39 is 0 Å². The van der Waals surface area contributed by atoms with E-state index in [0.717, 1.165) is 27.6 Å². The lowest BCUT2D eigenvalue weighted by Crippen LogP contribution is -2.28. The summed E-state index contributed by atoms with van der Waals surface area (Å²) in [5.41, 5.74) is 3.98. The summed E-state index contributed by atoms with van der Waals surface area (Å²) in [7, 11) is 1.60. The van der Waals surface area contributed by atoms with E-state index in [4.69, 9.17) is 4.74 Å². The van der Waals surface area contributed by atoms with E-state index >= 15 is 0 Å². The van der Waals surface area contributed by atoms with Crippen LogP contribution in [-0.4, -0.2) is 27.6 Å². The number of benzene rings is 3. The van der Waals surface area contributed by atoms with Crippen LogP contribution in [-0.2, 0) is 0 Å². The van der Waals surface area contributed by atoms with E-state index in [-0.39, 0.29) is 23.2 Å². The molecule has 0 aliphatic rings. The molecule has 0 aliphatic carbocycles. The summed E-state index contributed by atoms with van der Waals surface area (Å²) in [5.74, 6) is 0.343. The van der Waals surface area contributed by atoms with Crippen molar-refractivity contribution in [1.29, 1.82) is 0 Å². The molecule has 7 nitrogen and oxygen atoms in total. The number of rotatable bonds is 5. The highest BCUT2D eigenvalue weighted by Gasteiger charge is 2.23. The van der Waals surface area contributed by atoms with Gasteiger partial charge in [-0.05, 0) is 43.7 Å². The molecule has 1 atom stereocenters. The van der Waals surface area contributed by atoms with Gasteiger partial charge in [0.1, 0.15) is 11.3 Å². The van der Waals surface area contributed by atoms with Gasteiger partial charge in [0.05, 0.1) is 24.5 Å². The molecule has 5 rings (SSSR count). The van der Waals surface area contributed by atoms with Gasteiger partial charge < -0.3 is 15.0 Å². The maximum atomic E-state index is 13.2. The molecule has 0 bridgehead atoms. The fourth-order valence-corrected chi connectivity index (χ4v) is 4.58. The zero-order valence-corrected chi connectivity index (χ0v) is 20.0. The molecule has 0 spiro atoms. The second-order valence-electron chi connectivity index (χ2n) is 8.65. The Bertz CT molecular complexity index is 1650. The highest BCUT2D eigenvalue weighted by Crippen LogP contribution is 2.27. The number of carbonyl (C=O) groups excluding carboxylic acids is 1. The van der Waals surface area contributed by atoms with Gasteiger partial charge in [-0.1, -0.05) is 54.6 Å². The molecule has 0 fully saturated rings. The van der Waals surface area contributed by atoms with Gasteiger partial charge in [-0.15, -0.1) is 0 Å². The van der Waals surface area contributed by atoms with Gasteiger partial charge in [0.25, 0.3) is 11.5 Å². The molecule has 2 heterocycles. The summed E-state index contributed by atoms with van der Waals surface area (Å²) in [6, 6.07) is 21.3. The van der Waals surface area contributed by atoms with Crippen LogP contribution in [0.1, 0.15) is 40.3 Å². The van der Waals surface area contributed by atoms with E-state index in [1.165, 1.54) is 0 Å². The Kier molecular flexibility index (Phi) is 5.61. The monoisotopic (exact) mass is 466 g/mol. The van der Waals surface area contributed by atoms with Crippen LogP contribution in [0, 0.1) is 13.8 Å². The molecule has 0 radical (unpaired) electrons. The van der Waals surface area contributed by atoms with Crippen molar-refractivity contribution in [2.45, 2.75) is 26.8 Å². The lowest BCUT2D eigenvalue weighted by atomic mass is 10.0. The Hall–Kier alpha value is -4.39. The van der Waals surface area contributed by atoms with Crippen molar-refractivity contribution in [3.05, 3.63) is 99.6 Å². The van der Waals surface area contributed by atoms with Crippen LogP contribution in [0.4, 0.5) is 0 Å². The number of H-pyrrole nitrogens is 1. The number of para-hydroxylation sites is 1. The molecule has 5 aromatic rings. The number of fused-ring (bicyclic) bond motifs is 2. The average Bonchev–Trinajstić information content (AvgIpc) is 3.24. The molecule has 1 unspecified atom stereocenters. The lowest BCUT2D eigenvalue weighted by Gasteiger charge is -2.16.